The number of anilines is 1. The van der Waals surface area contributed by atoms with Gasteiger partial charge in [-0.1, -0.05) is 18.2 Å². The molecule has 3 aliphatic heterocycles. The molecule has 144 valence electrons. The molecule has 3 heterocycles. The molecule has 3 spiro atoms. The van der Waals surface area contributed by atoms with Crippen molar-refractivity contribution < 1.29 is 14.0 Å². The number of hydrogen-bond donors (Lipinski definition) is 1. The van der Waals surface area contributed by atoms with Crippen molar-refractivity contribution in [2.24, 2.45) is 11.3 Å². The number of quaternary nitrogens is 1. The fourth-order valence-electron chi connectivity index (χ4n) is 9.07. The average Bonchev–Trinajstić information content (AvgIpc) is 3.23. The molecule has 1 unspecified atom stereocenters. The van der Waals surface area contributed by atoms with Gasteiger partial charge in [0.15, 0.2) is 0 Å². The third-order valence-corrected chi connectivity index (χ3v) is 9.72. The number of hydrogen-bond acceptors (Lipinski definition) is 3. The maximum Gasteiger partial charge on any atom is 0.311 e. The summed E-state index contributed by atoms with van der Waals surface area (Å²) in [7, 11) is 1.58. The van der Waals surface area contributed by atoms with Gasteiger partial charge in [-0.3, -0.25) is 4.79 Å². The summed E-state index contributed by atoms with van der Waals surface area (Å²) in [5.74, 6) is -0.00543. The highest BCUT2D eigenvalue weighted by atomic mass is 16.5. The molecule has 1 N–H and O–H groups in total. The number of methoxy groups -OCH3 is 1. The average molecular weight is 368 g/mol. The van der Waals surface area contributed by atoms with Crippen molar-refractivity contribution in [3.05, 3.63) is 29.8 Å². The van der Waals surface area contributed by atoms with E-state index in [0.717, 1.165) is 12.8 Å². The van der Waals surface area contributed by atoms with Gasteiger partial charge in [0.05, 0.1) is 43.6 Å². The predicted molar refractivity (Wildman–Crippen MR) is 104 cm³/mol. The van der Waals surface area contributed by atoms with E-state index in [1.54, 1.807) is 7.11 Å². The van der Waals surface area contributed by atoms with Gasteiger partial charge in [0.1, 0.15) is 6.04 Å². The van der Waals surface area contributed by atoms with Crippen LogP contribution in [0.3, 0.4) is 0 Å². The number of para-hydroxylation sites is 1. The van der Waals surface area contributed by atoms with Crippen LogP contribution in [0.4, 0.5) is 5.69 Å². The van der Waals surface area contributed by atoms with E-state index in [1.165, 1.54) is 61.1 Å². The zero-order valence-electron chi connectivity index (χ0n) is 16.6. The molecule has 2 bridgehead atoms. The smallest absolute Gasteiger partial charge is 0.311 e. The first kappa shape index (κ1) is 16.4. The second-order valence-electron chi connectivity index (χ2n) is 9.99. The number of piperidine rings is 1. The third kappa shape index (κ3) is 1.54. The lowest BCUT2D eigenvalue weighted by Crippen LogP contribution is -2.80. The zero-order chi connectivity index (χ0) is 18.5. The topological polar surface area (TPSA) is 38.3 Å². The van der Waals surface area contributed by atoms with Crippen molar-refractivity contribution in [2.75, 3.05) is 32.1 Å². The number of esters is 1. The molecular weight excluding hydrogens is 336 g/mol. The maximum atomic E-state index is 13.1. The van der Waals surface area contributed by atoms with Gasteiger partial charge in [0, 0.05) is 17.5 Å². The van der Waals surface area contributed by atoms with Crippen LogP contribution in [0.15, 0.2) is 24.3 Å². The Kier molecular flexibility index (Phi) is 2.97. The van der Waals surface area contributed by atoms with Crippen LogP contribution in [0, 0.1) is 11.3 Å². The summed E-state index contributed by atoms with van der Waals surface area (Å²) in [6.07, 6.45) is 7.23. The van der Waals surface area contributed by atoms with E-state index in [9.17, 15) is 4.79 Å². The van der Waals surface area contributed by atoms with Crippen molar-refractivity contribution in [1.29, 1.82) is 0 Å². The van der Waals surface area contributed by atoms with Crippen molar-refractivity contribution in [1.82, 2.24) is 0 Å². The molecule has 1 aromatic rings. The van der Waals surface area contributed by atoms with Crippen LogP contribution in [0.25, 0.3) is 0 Å². The molecule has 1 aromatic carbocycles. The molecule has 7 rings (SSSR count). The minimum Gasteiger partial charge on any atom is -0.469 e. The van der Waals surface area contributed by atoms with E-state index < -0.39 is 0 Å². The van der Waals surface area contributed by atoms with E-state index in [0.29, 0.717) is 11.5 Å². The van der Waals surface area contributed by atoms with Gasteiger partial charge in [0.2, 0.25) is 0 Å². The van der Waals surface area contributed by atoms with Crippen LogP contribution in [0.2, 0.25) is 0 Å². The van der Waals surface area contributed by atoms with Gasteiger partial charge < -0.3 is 14.5 Å². The van der Waals surface area contributed by atoms with Crippen molar-refractivity contribution in [3.8, 4) is 0 Å². The Morgan fingerprint density at radius 3 is 2.89 bits per heavy atom. The molecule has 2 saturated heterocycles. The number of benzene rings is 1. The SMILES string of the molecule is CC[N+]12CCC[C@]34CC[C@]5(Nc6ccccc6[C@]5(CC1)[C@H]32)[C@@H](C(=O)OC)C4. The number of fused-ring (bicyclic) bond motifs is 3. The van der Waals surface area contributed by atoms with Gasteiger partial charge in [0.25, 0.3) is 0 Å². The van der Waals surface area contributed by atoms with Crippen molar-refractivity contribution in [3.63, 3.8) is 0 Å². The summed E-state index contributed by atoms with van der Waals surface area (Å²) in [6, 6.07) is 9.62. The number of nitrogens with one attached hydrogen (secondary N) is 1. The molecule has 0 amide bonds. The predicted octanol–water partition coefficient (Wildman–Crippen LogP) is 3.46. The second-order valence-corrected chi connectivity index (χ2v) is 9.99. The minimum absolute atomic E-state index is 0.0132. The van der Waals surface area contributed by atoms with Crippen molar-refractivity contribution in [2.45, 2.75) is 62.4 Å². The molecule has 4 nitrogen and oxygen atoms in total. The minimum atomic E-state index is -0.150. The van der Waals surface area contributed by atoms with Gasteiger partial charge in [-0.25, -0.2) is 0 Å². The summed E-state index contributed by atoms with van der Waals surface area (Å²) in [6.45, 7) is 6.23. The summed E-state index contributed by atoms with van der Waals surface area (Å²) >= 11 is 0. The molecule has 6 aliphatic rings. The number of ether oxygens (including phenoxy) is 1. The van der Waals surface area contributed by atoms with E-state index >= 15 is 0 Å². The Bertz CT molecular complexity index is 839. The lowest BCUT2D eigenvalue weighted by atomic mass is 9.38. The molecule has 3 aliphatic carbocycles. The van der Waals surface area contributed by atoms with E-state index in [2.05, 4.69) is 36.5 Å². The van der Waals surface area contributed by atoms with Crippen LogP contribution < -0.4 is 5.32 Å². The molecule has 0 radical (unpaired) electrons. The molecule has 0 aromatic heterocycles. The normalized spacial score (nSPS) is 48.4. The Hall–Kier alpha value is -1.55. The maximum absolute atomic E-state index is 13.1. The number of carbonyl (C=O) groups is 1. The van der Waals surface area contributed by atoms with Crippen LogP contribution >= 0.6 is 0 Å². The summed E-state index contributed by atoms with van der Waals surface area (Å²) in [5, 5.41) is 3.98. The first-order valence-electron chi connectivity index (χ1n) is 10.9. The number of likely N-dealkylation sites (N-methyl/N-ethyl adjacent to an activating group) is 1. The number of rotatable bonds is 2. The summed E-state index contributed by atoms with van der Waals surface area (Å²) < 4.78 is 6.67. The third-order valence-electron chi connectivity index (χ3n) is 9.72. The first-order chi connectivity index (χ1) is 13.1. The largest absolute Gasteiger partial charge is 0.469 e. The fraction of sp³-hybridized carbons (Fsp3) is 0.696. The number of nitrogens with zero attached hydrogens (tertiary/aromatic N) is 1. The standard InChI is InChI=1S/C23H31N2O2/c1-3-25-13-6-9-21-10-11-23(17(15-21)19(26)27-2)22(12-14-25,20(21)25)16-7-4-5-8-18(16)24-23/h4-5,7-8,17,20,24H,3,6,9-15H2,1-2H3/q+1/t17-,20+,21-,22-,23+,25?/m1/s1. The molecule has 3 saturated carbocycles. The highest BCUT2D eigenvalue weighted by Gasteiger charge is 2.83. The molecular formula is C23H31N2O2+. The van der Waals surface area contributed by atoms with Crippen LogP contribution in [-0.4, -0.2) is 48.8 Å². The van der Waals surface area contributed by atoms with Crippen LogP contribution in [0.1, 0.15) is 51.0 Å². The number of carbonyl (C=O) groups excluding carboxylic acids is 1. The second kappa shape index (κ2) is 4.89. The molecule has 6 atom stereocenters. The van der Waals surface area contributed by atoms with E-state index in [1.807, 2.05) is 0 Å². The molecule has 5 fully saturated rings. The lowest BCUT2D eigenvalue weighted by molar-refractivity contribution is -0.955. The highest BCUT2D eigenvalue weighted by Crippen LogP contribution is 2.75. The van der Waals surface area contributed by atoms with Crippen LogP contribution in [-0.2, 0) is 14.9 Å². The highest BCUT2D eigenvalue weighted by molar-refractivity contribution is 5.80. The Balaban J connectivity index is 1.66. The molecule has 27 heavy (non-hydrogen) atoms. The molecule has 4 heteroatoms. The van der Waals surface area contributed by atoms with Crippen molar-refractivity contribution >= 4 is 11.7 Å². The van der Waals surface area contributed by atoms with Gasteiger partial charge in [-0.05, 0) is 50.7 Å². The van der Waals surface area contributed by atoms with Crippen LogP contribution in [0.5, 0.6) is 0 Å². The van der Waals surface area contributed by atoms with Gasteiger partial charge in [-0.15, -0.1) is 0 Å². The zero-order valence-corrected chi connectivity index (χ0v) is 16.6. The Morgan fingerprint density at radius 2 is 2.07 bits per heavy atom. The van der Waals surface area contributed by atoms with E-state index in [-0.39, 0.29) is 22.8 Å². The lowest BCUT2D eigenvalue weighted by Gasteiger charge is -2.69. The summed E-state index contributed by atoms with van der Waals surface area (Å²) in [5.41, 5.74) is 3.04. The summed E-state index contributed by atoms with van der Waals surface area (Å²) in [4.78, 5) is 13.1. The first-order valence-corrected chi connectivity index (χ1v) is 10.9. The van der Waals surface area contributed by atoms with Gasteiger partial charge >= 0.3 is 5.97 Å². The fourth-order valence-corrected chi connectivity index (χ4v) is 9.07. The monoisotopic (exact) mass is 367 g/mol. The van der Waals surface area contributed by atoms with Gasteiger partial charge in [-0.2, -0.15) is 0 Å². The Morgan fingerprint density at radius 1 is 1.22 bits per heavy atom. The Labute approximate surface area is 161 Å². The quantitative estimate of drug-likeness (QED) is 0.643. The van der Waals surface area contributed by atoms with E-state index in [4.69, 9.17) is 4.74 Å².